The van der Waals surface area contributed by atoms with Crippen molar-refractivity contribution in [3.63, 3.8) is 0 Å². The summed E-state index contributed by atoms with van der Waals surface area (Å²) in [6, 6.07) is 9.59. The molecule has 0 unspecified atom stereocenters. The molecule has 1 amide bonds. The van der Waals surface area contributed by atoms with Crippen LogP contribution in [0.5, 0.6) is 0 Å². The summed E-state index contributed by atoms with van der Waals surface area (Å²) >= 11 is 0. The number of hydrogen-bond acceptors (Lipinski definition) is 2. The van der Waals surface area contributed by atoms with E-state index in [4.69, 9.17) is 0 Å². The highest BCUT2D eigenvalue weighted by Gasteiger charge is 2.09. The number of halogens is 2. The Balaban J connectivity index is 2.05. The molecule has 1 aromatic carbocycles. The molecule has 2 rings (SSSR count). The minimum absolute atomic E-state index is 0.124. The SMILES string of the molecule is Cc1cccc(CC(=O)Nc2ccc(F)nc2F)c1. The lowest BCUT2D eigenvalue weighted by molar-refractivity contribution is -0.115. The summed E-state index contributed by atoms with van der Waals surface area (Å²) in [5.41, 5.74) is 1.74. The lowest BCUT2D eigenvalue weighted by atomic mass is 10.1. The smallest absolute Gasteiger partial charge is 0.239 e. The molecular weight excluding hydrogens is 250 g/mol. The number of rotatable bonds is 3. The molecule has 0 atom stereocenters. The fraction of sp³-hybridized carbons (Fsp3) is 0.143. The fourth-order valence-corrected chi connectivity index (χ4v) is 1.71. The molecule has 3 nitrogen and oxygen atoms in total. The molecule has 0 bridgehead atoms. The van der Waals surface area contributed by atoms with Crippen molar-refractivity contribution in [2.75, 3.05) is 5.32 Å². The van der Waals surface area contributed by atoms with Crippen LogP contribution in [0.3, 0.4) is 0 Å². The molecule has 0 aliphatic rings. The second-order valence-corrected chi connectivity index (χ2v) is 4.19. The average Bonchev–Trinajstić information content (AvgIpc) is 2.33. The Kier molecular flexibility index (Phi) is 3.85. The zero-order chi connectivity index (χ0) is 13.8. The van der Waals surface area contributed by atoms with Gasteiger partial charge in [0.2, 0.25) is 17.8 Å². The Labute approximate surface area is 109 Å². The Morgan fingerprint density at radius 1 is 1.26 bits per heavy atom. The van der Waals surface area contributed by atoms with Crippen LogP contribution in [0.2, 0.25) is 0 Å². The molecule has 0 saturated heterocycles. The van der Waals surface area contributed by atoms with E-state index < -0.39 is 11.9 Å². The lowest BCUT2D eigenvalue weighted by Gasteiger charge is -2.06. The molecule has 5 heteroatoms. The zero-order valence-corrected chi connectivity index (χ0v) is 10.3. The maximum atomic E-state index is 13.2. The van der Waals surface area contributed by atoms with Crippen molar-refractivity contribution in [1.29, 1.82) is 0 Å². The first kappa shape index (κ1) is 13.1. The molecule has 1 N–H and O–H groups in total. The Hall–Kier alpha value is -2.30. The third kappa shape index (κ3) is 3.58. The highest BCUT2D eigenvalue weighted by Crippen LogP contribution is 2.12. The molecule has 2 aromatic rings. The van der Waals surface area contributed by atoms with Gasteiger partial charge in [0.15, 0.2) is 0 Å². The van der Waals surface area contributed by atoms with Crippen LogP contribution in [0.4, 0.5) is 14.5 Å². The molecule has 0 aliphatic carbocycles. The van der Waals surface area contributed by atoms with Crippen molar-refractivity contribution in [3.8, 4) is 0 Å². The van der Waals surface area contributed by atoms with Gasteiger partial charge in [0.05, 0.1) is 12.1 Å². The summed E-state index contributed by atoms with van der Waals surface area (Å²) in [6.07, 6.45) is 0.124. The minimum Gasteiger partial charge on any atom is -0.322 e. The topological polar surface area (TPSA) is 42.0 Å². The number of pyridine rings is 1. The van der Waals surface area contributed by atoms with Gasteiger partial charge in [-0.25, -0.2) is 0 Å². The zero-order valence-electron chi connectivity index (χ0n) is 10.3. The normalized spacial score (nSPS) is 10.3. The Morgan fingerprint density at radius 3 is 2.74 bits per heavy atom. The maximum absolute atomic E-state index is 13.2. The predicted octanol–water partition coefficient (Wildman–Crippen LogP) is 2.85. The van der Waals surface area contributed by atoms with E-state index in [1.165, 1.54) is 0 Å². The quantitative estimate of drug-likeness (QED) is 0.864. The van der Waals surface area contributed by atoms with Crippen LogP contribution in [0.1, 0.15) is 11.1 Å². The van der Waals surface area contributed by atoms with Crippen molar-refractivity contribution in [1.82, 2.24) is 4.98 Å². The van der Waals surface area contributed by atoms with Gasteiger partial charge in [-0.05, 0) is 24.6 Å². The standard InChI is InChI=1S/C14H12F2N2O/c1-9-3-2-4-10(7-9)8-13(19)17-11-5-6-12(15)18-14(11)16/h2-7H,8H2,1H3,(H,17,19). The molecule has 98 valence electrons. The minimum atomic E-state index is -1.03. The number of aromatic nitrogens is 1. The maximum Gasteiger partial charge on any atom is 0.239 e. The van der Waals surface area contributed by atoms with Crippen molar-refractivity contribution in [2.24, 2.45) is 0 Å². The van der Waals surface area contributed by atoms with Crippen molar-refractivity contribution >= 4 is 11.6 Å². The van der Waals surface area contributed by atoms with Crippen molar-refractivity contribution < 1.29 is 13.6 Å². The number of amides is 1. The van der Waals surface area contributed by atoms with Crippen LogP contribution < -0.4 is 5.32 Å². The van der Waals surface area contributed by atoms with Gasteiger partial charge in [0.25, 0.3) is 0 Å². The summed E-state index contributed by atoms with van der Waals surface area (Å²) in [4.78, 5) is 14.7. The van der Waals surface area contributed by atoms with Crippen molar-refractivity contribution in [3.05, 3.63) is 59.4 Å². The molecule has 0 radical (unpaired) electrons. The number of benzene rings is 1. The van der Waals surface area contributed by atoms with Crippen LogP contribution in [-0.2, 0) is 11.2 Å². The van der Waals surface area contributed by atoms with Gasteiger partial charge in [-0.2, -0.15) is 13.8 Å². The number of nitrogens with zero attached hydrogens (tertiary/aromatic N) is 1. The van der Waals surface area contributed by atoms with E-state index >= 15 is 0 Å². The molecule has 0 aliphatic heterocycles. The molecule has 1 aromatic heterocycles. The summed E-state index contributed by atoms with van der Waals surface area (Å²) in [6.45, 7) is 1.92. The monoisotopic (exact) mass is 262 g/mol. The number of carbonyl (C=O) groups excluding carboxylic acids is 1. The van der Waals surface area contributed by atoms with Gasteiger partial charge in [0.1, 0.15) is 0 Å². The van der Waals surface area contributed by atoms with Crippen LogP contribution >= 0.6 is 0 Å². The fourth-order valence-electron chi connectivity index (χ4n) is 1.71. The summed E-state index contributed by atoms with van der Waals surface area (Å²) in [7, 11) is 0. The van der Waals surface area contributed by atoms with E-state index in [-0.39, 0.29) is 18.0 Å². The molecule has 19 heavy (non-hydrogen) atoms. The van der Waals surface area contributed by atoms with E-state index in [0.29, 0.717) is 0 Å². The van der Waals surface area contributed by atoms with E-state index in [1.54, 1.807) is 0 Å². The Bertz CT molecular complexity index is 614. The number of anilines is 1. The molecule has 0 fully saturated rings. The van der Waals surface area contributed by atoms with E-state index in [2.05, 4.69) is 10.3 Å². The van der Waals surface area contributed by atoms with E-state index in [9.17, 15) is 13.6 Å². The molecule has 0 spiro atoms. The third-order valence-electron chi connectivity index (χ3n) is 2.54. The number of nitrogens with one attached hydrogen (secondary N) is 1. The summed E-state index contributed by atoms with van der Waals surface area (Å²) in [5.74, 6) is -2.33. The van der Waals surface area contributed by atoms with Crippen LogP contribution in [0.15, 0.2) is 36.4 Å². The summed E-state index contributed by atoms with van der Waals surface area (Å²) < 4.78 is 25.9. The van der Waals surface area contributed by atoms with E-state index in [1.807, 2.05) is 31.2 Å². The summed E-state index contributed by atoms with van der Waals surface area (Å²) in [5, 5.41) is 2.36. The molecule has 1 heterocycles. The van der Waals surface area contributed by atoms with Gasteiger partial charge in [-0.15, -0.1) is 0 Å². The highest BCUT2D eigenvalue weighted by molar-refractivity contribution is 5.92. The van der Waals surface area contributed by atoms with Crippen molar-refractivity contribution in [2.45, 2.75) is 13.3 Å². The molecular formula is C14H12F2N2O. The number of aryl methyl sites for hydroxylation is 1. The van der Waals surface area contributed by atoms with Gasteiger partial charge in [-0.3, -0.25) is 4.79 Å². The largest absolute Gasteiger partial charge is 0.322 e. The third-order valence-corrected chi connectivity index (χ3v) is 2.54. The number of hydrogen-bond donors (Lipinski definition) is 1. The average molecular weight is 262 g/mol. The number of carbonyl (C=O) groups is 1. The van der Waals surface area contributed by atoms with Gasteiger partial charge < -0.3 is 5.32 Å². The van der Waals surface area contributed by atoms with Crippen LogP contribution in [-0.4, -0.2) is 10.9 Å². The first-order valence-corrected chi connectivity index (χ1v) is 5.72. The van der Waals surface area contributed by atoms with Gasteiger partial charge in [0, 0.05) is 0 Å². The van der Waals surface area contributed by atoms with Gasteiger partial charge >= 0.3 is 0 Å². The molecule has 0 saturated carbocycles. The van der Waals surface area contributed by atoms with Crippen LogP contribution in [0.25, 0.3) is 0 Å². The van der Waals surface area contributed by atoms with E-state index in [0.717, 1.165) is 23.3 Å². The van der Waals surface area contributed by atoms with Gasteiger partial charge in [-0.1, -0.05) is 29.8 Å². The lowest BCUT2D eigenvalue weighted by Crippen LogP contribution is -2.16. The second-order valence-electron chi connectivity index (χ2n) is 4.19. The van der Waals surface area contributed by atoms with Crippen LogP contribution in [0, 0.1) is 18.8 Å². The first-order valence-electron chi connectivity index (χ1n) is 5.72. The highest BCUT2D eigenvalue weighted by atomic mass is 19.1. The second kappa shape index (κ2) is 5.56. The predicted molar refractivity (Wildman–Crippen MR) is 67.7 cm³/mol. The first-order chi connectivity index (χ1) is 9.04. The Morgan fingerprint density at radius 2 is 2.05 bits per heavy atom.